The highest BCUT2D eigenvalue weighted by Gasteiger charge is 2.13. The van der Waals surface area contributed by atoms with Gasteiger partial charge in [-0.05, 0) is 24.3 Å². The lowest BCUT2D eigenvalue weighted by Gasteiger charge is -1.97. The fourth-order valence-corrected chi connectivity index (χ4v) is 2.28. The van der Waals surface area contributed by atoms with Gasteiger partial charge in [-0.1, -0.05) is 46.3 Å². The van der Waals surface area contributed by atoms with Crippen LogP contribution >= 0.6 is 15.9 Å². The number of carbonyl (C=O) groups is 1. The van der Waals surface area contributed by atoms with Crippen molar-refractivity contribution in [2.24, 2.45) is 0 Å². The van der Waals surface area contributed by atoms with Gasteiger partial charge in [0.1, 0.15) is 5.69 Å². The Kier molecular flexibility index (Phi) is 5.63. The van der Waals surface area contributed by atoms with Crippen LogP contribution in [0.5, 0.6) is 0 Å². The third-order valence-electron chi connectivity index (χ3n) is 3.11. The van der Waals surface area contributed by atoms with Crippen LogP contribution in [0.25, 0.3) is 5.69 Å². The van der Waals surface area contributed by atoms with E-state index in [9.17, 15) is 4.79 Å². The van der Waals surface area contributed by atoms with E-state index in [1.807, 2.05) is 53.4 Å². The number of Topliss-reactive ketones (excluding diaryl/α,β-unsaturated/α-hetero) is 1. The second kappa shape index (κ2) is 7.47. The maximum absolute atomic E-state index is 12.2. The van der Waals surface area contributed by atoms with Crippen molar-refractivity contribution in [1.82, 2.24) is 9.78 Å². The highest BCUT2D eigenvalue weighted by molar-refractivity contribution is 9.10. The molecule has 0 spiro atoms. The molecular weight excluding hydrogens is 410 g/mol. The molecule has 0 amide bonds. The summed E-state index contributed by atoms with van der Waals surface area (Å²) in [7, 11) is 0. The number of hydrogen-bond donors (Lipinski definition) is 0. The zero-order valence-electron chi connectivity index (χ0n) is 11.6. The molecule has 1 aromatic heterocycles. The van der Waals surface area contributed by atoms with Crippen LogP contribution < -0.4 is 21.5 Å². The number of hydrogen-bond acceptors (Lipinski definition) is 2. The van der Waals surface area contributed by atoms with Gasteiger partial charge in [-0.15, -0.1) is 4.68 Å². The van der Waals surface area contributed by atoms with E-state index < -0.39 is 0 Å². The minimum atomic E-state index is 0. The number of aromatic nitrogens is 3. The largest absolute Gasteiger partial charge is 1.00 e. The predicted octanol–water partition coefficient (Wildman–Crippen LogP) is -0.191. The van der Waals surface area contributed by atoms with Gasteiger partial charge < -0.3 is 17.0 Å². The Labute approximate surface area is 147 Å². The predicted molar refractivity (Wildman–Crippen MR) is 82.2 cm³/mol. The average molecular weight is 423 g/mol. The van der Waals surface area contributed by atoms with Crippen LogP contribution in [-0.4, -0.2) is 15.6 Å². The van der Waals surface area contributed by atoms with Crippen molar-refractivity contribution in [2.75, 3.05) is 0 Å². The molecule has 0 saturated carbocycles. The number of carbonyl (C=O) groups excluding carboxylic acids is 1. The van der Waals surface area contributed by atoms with Crippen LogP contribution in [0.4, 0.5) is 0 Å². The van der Waals surface area contributed by atoms with Crippen LogP contribution in [0.3, 0.4) is 0 Å². The quantitative estimate of drug-likeness (QED) is 0.431. The van der Waals surface area contributed by atoms with Crippen LogP contribution in [-0.2, 0) is 6.54 Å². The third-order valence-corrected chi connectivity index (χ3v) is 3.64. The summed E-state index contributed by atoms with van der Waals surface area (Å²) in [6, 6.07) is 17.2. The van der Waals surface area contributed by atoms with Gasteiger partial charge >= 0.3 is 0 Å². The van der Waals surface area contributed by atoms with Crippen LogP contribution in [0.2, 0.25) is 0 Å². The number of nitrogens with zero attached hydrogens (tertiary/aromatic N) is 3. The number of rotatable bonds is 4. The van der Waals surface area contributed by atoms with Crippen molar-refractivity contribution in [2.45, 2.75) is 6.54 Å². The molecular formula is C16H13Br2N3O. The van der Waals surface area contributed by atoms with E-state index in [0.29, 0.717) is 5.56 Å². The van der Waals surface area contributed by atoms with Gasteiger partial charge in [-0.25, -0.2) is 4.57 Å². The van der Waals surface area contributed by atoms with E-state index in [0.717, 1.165) is 10.2 Å². The lowest BCUT2D eigenvalue weighted by atomic mass is 10.1. The number of halogens is 2. The van der Waals surface area contributed by atoms with Crippen molar-refractivity contribution in [3.63, 3.8) is 0 Å². The third kappa shape index (κ3) is 3.90. The first-order chi connectivity index (χ1) is 10.2. The Morgan fingerprint density at radius 3 is 2.45 bits per heavy atom. The summed E-state index contributed by atoms with van der Waals surface area (Å²) in [5, 5.41) is 4.23. The Hall–Kier alpha value is -1.79. The number of para-hydroxylation sites is 1. The summed E-state index contributed by atoms with van der Waals surface area (Å²) in [5.41, 5.74) is 1.69. The molecule has 112 valence electrons. The van der Waals surface area contributed by atoms with Crippen LogP contribution in [0.1, 0.15) is 10.4 Å². The Morgan fingerprint density at radius 1 is 1.09 bits per heavy atom. The zero-order chi connectivity index (χ0) is 14.7. The highest BCUT2D eigenvalue weighted by atomic mass is 79.9. The summed E-state index contributed by atoms with van der Waals surface area (Å²) in [5.74, 6) is 0.0332. The molecule has 3 rings (SSSR count). The van der Waals surface area contributed by atoms with Gasteiger partial charge in [0.05, 0.1) is 0 Å². The molecule has 0 radical (unpaired) electrons. The van der Waals surface area contributed by atoms with Crippen LogP contribution in [0.15, 0.2) is 71.7 Å². The van der Waals surface area contributed by atoms with Crippen molar-refractivity contribution in [3.8, 4) is 5.69 Å². The Morgan fingerprint density at radius 2 is 1.77 bits per heavy atom. The fourth-order valence-electron chi connectivity index (χ4n) is 2.01. The summed E-state index contributed by atoms with van der Waals surface area (Å²) in [4.78, 5) is 12.2. The normalized spacial score (nSPS) is 10.0. The molecule has 4 nitrogen and oxygen atoms in total. The molecule has 0 fully saturated rings. The highest BCUT2D eigenvalue weighted by Crippen LogP contribution is 2.11. The van der Waals surface area contributed by atoms with Gasteiger partial charge in [0.2, 0.25) is 6.33 Å². The van der Waals surface area contributed by atoms with E-state index in [-0.39, 0.29) is 29.3 Å². The summed E-state index contributed by atoms with van der Waals surface area (Å²) >= 11 is 3.36. The smallest absolute Gasteiger partial charge is 0.270 e. The second-order valence-corrected chi connectivity index (χ2v) is 5.53. The fraction of sp³-hybridized carbons (Fsp3) is 0.0625. The molecule has 0 atom stereocenters. The molecule has 22 heavy (non-hydrogen) atoms. The first-order valence-electron chi connectivity index (χ1n) is 6.50. The molecule has 0 aliphatic rings. The van der Waals surface area contributed by atoms with Crippen molar-refractivity contribution in [3.05, 3.63) is 77.3 Å². The number of ketones is 1. The van der Waals surface area contributed by atoms with E-state index in [4.69, 9.17) is 0 Å². The van der Waals surface area contributed by atoms with Crippen molar-refractivity contribution in [1.29, 1.82) is 0 Å². The first kappa shape index (κ1) is 16.6. The SMILES string of the molecule is O=C(Cn1c[n+](-c2ccccc2)cn1)c1ccc(Br)cc1.[Br-]. The summed E-state index contributed by atoms with van der Waals surface area (Å²) in [6.07, 6.45) is 3.51. The number of benzene rings is 2. The van der Waals surface area contributed by atoms with Crippen molar-refractivity contribution < 1.29 is 26.3 Å². The summed E-state index contributed by atoms with van der Waals surface area (Å²) < 4.78 is 4.48. The lowest BCUT2D eigenvalue weighted by Crippen LogP contribution is -3.00. The van der Waals surface area contributed by atoms with E-state index >= 15 is 0 Å². The minimum Gasteiger partial charge on any atom is -1.00 e. The molecule has 3 aromatic rings. The molecule has 0 unspecified atom stereocenters. The van der Waals surface area contributed by atoms with Gasteiger partial charge in [-0.3, -0.25) is 4.79 Å². The molecule has 0 N–H and O–H groups in total. The Bertz CT molecular complexity index is 755. The molecule has 0 bridgehead atoms. The van der Waals surface area contributed by atoms with E-state index in [1.165, 1.54) is 0 Å². The first-order valence-corrected chi connectivity index (χ1v) is 7.29. The molecule has 1 heterocycles. The maximum Gasteiger partial charge on any atom is 0.270 e. The van der Waals surface area contributed by atoms with Gasteiger partial charge in [0.15, 0.2) is 12.3 Å². The van der Waals surface area contributed by atoms with Crippen LogP contribution in [0, 0.1) is 0 Å². The molecule has 0 saturated heterocycles. The second-order valence-electron chi connectivity index (χ2n) is 4.62. The molecule has 0 aliphatic heterocycles. The van der Waals surface area contributed by atoms with Crippen molar-refractivity contribution >= 4 is 21.7 Å². The molecule has 6 heteroatoms. The van der Waals surface area contributed by atoms with Gasteiger partial charge in [0.25, 0.3) is 6.33 Å². The lowest BCUT2D eigenvalue weighted by molar-refractivity contribution is -0.596. The topological polar surface area (TPSA) is 38.8 Å². The standard InChI is InChI=1S/C16H13BrN3O.BrH/c17-14-8-6-13(7-9-14)16(21)10-20-12-19(11-18-20)15-4-2-1-3-5-15;/h1-9,11-12H,10H2;1H/q+1;/p-1. The van der Waals surface area contributed by atoms with Gasteiger partial charge in [0, 0.05) is 15.1 Å². The van der Waals surface area contributed by atoms with E-state index in [1.54, 1.807) is 23.1 Å². The zero-order valence-corrected chi connectivity index (χ0v) is 14.7. The molecule has 0 aliphatic carbocycles. The molecule has 2 aromatic carbocycles. The van der Waals surface area contributed by atoms with Gasteiger partial charge in [-0.2, -0.15) is 0 Å². The monoisotopic (exact) mass is 421 g/mol. The average Bonchev–Trinajstić information content (AvgIpc) is 2.97. The minimum absolute atomic E-state index is 0. The maximum atomic E-state index is 12.2. The Balaban J connectivity index is 0.00000176. The van der Waals surface area contributed by atoms with E-state index in [2.05, 4.69) is 21.0 Å². The summed E-state index contributed by atoms with van der Waals surface area (Å²) in [6.45, 7) is 0.224.